The second-order valence-electron chi connectivity index (χ2n) is 10.5. The van der Waals surface area contributed by atoms with Crippen LogP contribution in [0.1, 0.15) is 112 Å². The van der Waals surface area contributed by atoms with Crippen LogP contribution in [0.5, 0.6) is 0 Å². The lowest BCUT2D eigenvalue weighted by Gasteiger charge is -2.36. The predicted molar refractivity (Wildman–Crippen MR) is 113 cm³/mol. The maximum Gasteiger partial charge on any atom is -0.0355 e. The molecule has 4 aliphatic rings. The summed E-state index contributed by atoms with van der Waals surface area (Å²) >= 11 is 0. The lowest BCUT2D eigenvalue weighted by atomic mass is 9.69. The van der Waals surface area contributed by atoms with Crippen molar-refractivity contribution in [3.05, 3.63) is 0 Å². The molecule has 0 N–H and O–H groups in total. The molecule has 4 aliphatic carbocycles. The Kier molecular flexibility index (Phi) is 8.35. The van der Waals surface area contributed by atoms with Crippen LogP contribution >= 0.6 is 0 Å². The summed E-state index contributed by atoms with van der Waals surface area (Å²) in [6, 6.07) is 0. The molecule has 4 fully saturated rings. The van der Waals surface area contributed by atoms with Crippen molar-refractivity contribution in [3.8, 4) is 0 Å². The molecule has 25 heavy (non-hydrogen) atoms. The normalized spacial score (nSPS) is 40.1. The van der Waals surface area contributed by atoms with E-state index in [9.17, 15) is 0 Å². The molecule has 0 aromatic heterocycles. The van der Waals surface area contributed by atoms with E-state index in [0.717, 1.165) is 47.3 Å². The summed E-state index contributed by atoms with van der Waals surface area (Å²) < 4.78 is 0. The molecule has 0 aromatic carbocycles. The highest BCUT2D eigenvalue weighted by atomic mass is 14.4. The lowest BCUT2D eigenvalue weighted by molar-refractivity contribution is 0.138. The van der Waals surface area contributed by atoms with Gasteiger partial charge in [0, 0.05) is 0 Å². The van der Waals surface area contributed by atoms with Crippen LogP contribution < -0.4 is 0 Å². The number of hydrogen-bond acceptors (Lipinski definition) is 0. The summed E-state index contributed by atoms with van der Waals surface area (Å²) in [6.07, 6.45) is 18.5. The minimum Gasteiger partial charge on any atom is -0.0776 e. The van der Waals surface area contributed by atoms with E-state index in [1.807, 2.05) is 0 Å². The molecule has 0 saturated heterocycles. The molecule has 6 unspecified atom stereocenters. The van der Waals surface area contributed by atoms with Crippen LogP contribution in [0.25, 0.3) is 0 Å². The molecule has 0 amide bonds. The van der Waals surface area contributed by atoms with E-state index in [4.69, 9.17) is 0 Å². The fourth-order valence-electron chi connectivity index (χ4n) is 6.99. The zero-order valence-electron chi connectivity index (χ0n) is 17.1. The van der Waals surface area contributed by atoms with E-state index in [0.29, 0.717) is 0 Å². The molecular formula is C25H48. The van der Waals surface area contributed by atoms with Gasteiger partial charge < -0.3 is 0 Å². The summed E-state index contributed by atoms with van der Waals surface area (Å²) in [5.41, 5.74) is 0. The average Bonchev–Trinajstić information content (AvgIpc) is 3.22. The van der Waals surface area contributed by atoms with E-state index in [1.54, 1.807) is 44.9 Å². The summed E-state index contributed by atoms with van der Waals surface area (Å²) in [5.74, 6) is 8.54. The molecule has 0 radical (unpaired) electrons. The van der Waals surface area contributed by atoms with Crippen molar-refractivity contribution in [2.24, 2.45) is 47.3 Å². The first-order valence-corrected chi connectivity index (χ1v) is 11.6. The summed E-state index contributed by atoms with van der Waals surface area (Å²) in [5, 5.41) is 0. The van der Waals surface area contributed by atoms with Crippen LogP contribution in [0.15, 0.2) is 0 Å². The maximum absolute atomic E-state index is 2.42. The zero-order chi connectivity index (χ0) is 17.1. The third-order valence-corrected chi connectivity index (χ3v) is 8.51. The van der Waals surface area contributed by atoms with Crippen molar-refractivity contribution < 1.29 is 0 Å². The van der Waals surface area contributed by atoms with Crippen LogP contribution in [0, 0.1) is 47.3 Å². The smallest absolute Gasteiger partial charge is 0.0355 e. The largest absolute Gasteiger partial charge is 0.0776 e. The van der Waals surface area contributed by atoms with Crippen molar-refractivity contribution in [2.45, 2.75) is 112 Å². The molecule has 4 rings (SSSR count). The highest BCUT2D eigenvalue weighted by Gasteiger charge is 2.37. The Bertz CT molecular complexity index is 368. The molecule has 0 bridgehead atoms. The van der Waals surface area contributed by atoms with Gasteiger partial charge in [0.25, 0.3) is 0 Å². The molecule has 0 aromatic rings. The second kappa shape index (κ2) is 9.80. The third kappa shape index (κ3) is 5.26. The standard InChI is InChI=1S/2C12H22.CH4/c1-9(2)11-7-3-5-10-6-4-8-12(10)11;1-9(2)11-7-6-10-4-3-5-12(10)8-11;/h2*9-12H,3-8H2,1-2H3;1H4. The SMILES string of the molecule is C.CC(C)C1CCC2CCCC2C1.CC(C)C1CCCC2CCCC21. The van der Waals surface area contributed by atoms with Crippen LogP contribution in [-0.4, -0.2) is 0 Å². The van der Waals surface area contributed by atoms with Crippen molar-refractivity contribution in [3.63, 3.8) is 0 Å². The monoisotopic (exact) mass is 348 g/mol. The summed E-state index contributed by atoms with van der Waals surface area (Å²) in [4.78, 5) is 0. The van der Waals surface area contributed by atoms with Crippen molar-refractivity contribution >= 4 is 0 Å². The highest BCUT2D eigenvalue weighted by Crippen LogP contribution is 2.48. The first-order chi connectivity index (χ1) is 11.6. The van der Waals surface area contributed by atoms with Crippen LogP contribution in [0.4, 0.5) is 0 Å². The number of rotatable bonds is 2. The minimum atomic E-state index is 0. The van der Waals surface area contributed by atoms with E-state index in [1.165, 1.54) is 32.1 Å². The van der Waals surface area contributed by atoms with Gasteiger partial charge >= 0.3 is 0 Å². The Morgan fingerprint density at radius 3 is 1.84 bits per heavy atom. The van der Waals surface area contributed by atoms with Crippen LogP contribution in [0.3, 0.4) is 0 Å². The van der Waals surface area contributed by atoms with E-state index >= 15 is 0 Å². The summed E-state index contributed by atoms with van der Waals surface area (Å²) in [7, 11) is 0. The van der Waals surface area contributed by atoms with Crippen molar-refractivity contribution in [1.82, 2.24) is 0 Å². The van der Waals surface area contributed by atoms with Gasteiger partial charge in [-0.15, -0.1) is 0 Å². The summed E-state index contributed by atoms with van der Waals surface area (Å²) in [6.45, 7) is 9.65. The van der Waals surface area contributed by atoms with Gasteiger partial charge in [0.15, 0.2) is 0 Å². The molecule has 0 aliphatic heterocycles. The minimum absolute atomic E-state index is 0. The zero-order valence-corrected chi connectivity index (χ0v) is 17.1. The number of fused-ring (bicyclic) bond motifs is 2. The second-order valence-corrected chi connectivity index (χ2v) is 10.5. The van der Waals surface area contributed by atoms with Gasteiger partial charge in [-0.1, -0.05) is 80.1 Å². The molecule has 148 valence electrons. The Hall–Kier alpha value is 0. The first kappa shape index (κ1) is 21.3. The van der Waals surface area contributed by atoms with Gasteiger partial charge in [0.05, 0.1) is 0 Å². The predicted octanol–water partition coefficient (Wildman–Crippen LogP) is 8.35. The first-order valence-electron chi connectivity index (χ1n) is 11.6. The van der Waals surface area contributed by atoms with Gasteiger partial charge in [-0.05, 0) is 79.4 Å². The lowest BCUT2D eigenvalue weighted by Crippen LogP contribution is -2.27. The molecule has 0 heterocycles. The number of hydrogen-bond donors (Lipinski definition) is 0. The van der Waals surface area contributed by atoms with Gasteiger partial charge in [0.1, 0.15) is 0 Å². The fraction of sp³-hybridized carbons (Fsp3) is 1.00. The van der Waals surface area contributed by atoms with Crippen molar-refractivity contribution in [2.75, 3.05) is 0 Å². The van der Waals surface area contributed by atoms with Gasteiger partial charge in [-0.3, -0.25) is 0 Å². The van der Waals surface area contributed by atoms with Gasteiger partial charge in [0.2, 0.25) is 0 Å². The molecule has 0 spiro atoms. The molecule has 6 atom stereocenters. The topological polar surface area (TPSA) is 0 Å². The van der Waals surface area contributed by atoms with E-state index < -0.39 is 0 Å². The molecule has 0 heteroatoms. The Labute approximate surface area is 159 Å². The average molecular weight is 349 g/mol. The quantitative estimate of drug-likeness (QED) is 0.470. The Balaban J connectivity index is 0.000000173. The van der Waals surface area contributed by atoms with Crippen molar-refractivity contribution in [1.29, 1.82) is 0 Å². The maximum atomic E-state index is 2.42. The molecule has 4 saturated carbocycles. The highest BCUT2D eigenvalue weighted by molar-refractivity contribution is 4.88. The van der Waals surface area contributed by atoms with E-state index in [-0.39, 0.29) is 7.43 Å². The van der Waals surface area contributed by atoms with Crippen LogP contribution in [-0.2, 0) is 0 Å². The molecule has 0 nitrogen and oxygen atoms in total. The van der Waals surface area contributed by atoms with E-state index in [2.05, 4.69) is 27.7 Å². The van der Waals surface area contributed by atoms with Gasteiger partial charge in [-0.2, -0.15) is 0 Å². The molecular weight excluding hydrogens is 300 g/mol. The third-order valence-electron chi connectivity index (χ3n) is 8.51. The Morgan fingerprint density at radius 1 is 0.560 bits per heavy atom. The Morgan fingerprint density at radius 2 is 1.16 bits per heavy atom. The van der Waals surface area contributed by atoms with Gasteiger partial charge in [-0.25, -0.2) is 0 Å². The van der Waals surface area contributed by atoms with Crippen LogP contribution in [0.2, 0.25) is 0 Å². The fourth-order valence-corrected chi connectivity index (χ4v) is 6.99.